The highest BCUT2D eigenvalue weighted by Gasteiger charge is 2.22. The van der Waals surface area contributed by atoms with Crippen LogP contribution in [0.15, 0.2) is 82.1 Å². The molecule has 3 aromatic carbocycles. The fraction of sp³-hybridized carbons (Fsp3) is 0.214. The van der Waals surface area contributed by atoms with Gasteiger partial charge in [-0.3, -0.25) is 9.48 Å². The van der Waals surface area contributed by atoms with Crippen molar-refractivity contribution in [2.24, 2.45) is 0 Å². The van der Waals surface area contributed by atoms with Crippen molar-refractivity contribution in [3.63, 3.8) is 0 Å². The summed E-state index contributed by atoms with van der Waals surface area (Å²) in [6.07, 6.45) is 2.03. The largest absolute Gasteiger partial charge is 0.455 e. The molecule has 0 bridgehead atoms. The molecule has 1 atom stereocenters. The minimum Gasteiger partial charge on any atom is -0.455 e. The van der Waals surface area contributed by atoms with E-state index in [-0.39, 0.29) is 11.5 Å². The van der Waals surface area contributed by atoms with Crippen LogP contribution in [0.1, 0.15) is 30.1 Å². The van der Waals surface area contributed by atoms with Crippen LogP contribution in [0.4, 0.5) is 5.69 Å². The number of hydrogen-bond acceptors (Lipinski definition) is 5. The molecule has 1 N–H and O–H groups in total. The van der Waals surface area contributed by atoms with Gasteiger partial charge in [-0.2, -0.15) is 5.10 Å². The zero-order valence-corrected chi connectivity index (χ0v) is 19.1. The first-order valence-corrected chi connectivity index (χ1v) is 11.5. The van der Waals surface area contributed by atoms with Gasteiger partial charge in [-0.15, -0.1) is 0 Å². The van der Waals surface area contributed by atoms with Crippen molar-refractivity contribution >= 4 is 27.6 Å². The van der Waals surface area contributed by atoms with Crippen LogP contribution in [0.3, 0.4) is 0 Å². The van der Waals surface area contributed by atoms with Gasteiger partial charge in [0, 0.05) is 34.5 Å². The predicted molar refractivity (Wildman–Crippen MR) is 134 cm³/mol. The Morgan fingerprint density at radius 3 is 2.65 bits per heavy atom. The lowest BCUT2D eigenvalue weighted by Gasteiger charge is -2.25. The molecule has 34 heavy (non-hydrogen) atoms. The van der Waals surface area contributed by atoms with Gasteiger partial charge in [-0.25, -0.2) is 0 Å². The molecule has 2 aromatic heterocycles. The fourth-order valence-corrected chi connectivity index (χ4v) is 4.52. The number of nitrogens with zero attached hydrogens (tertiary/aromatic N) is 2. The van der Waals surface area contributed by atoms with E-state index in [4.69, 9.17) is 9.15 Å². The standard InChI is InChI=1S/C28H25N3O3/c1-17-10-23(18(2)29-21-6-4-3-5-7-21)28-24(11-17)26(32)13-27(34-28)19-8-9-25-20(12-19)14-31(30-25)22-15-33-16-22/h3-14,18,22,29H,15-16H2,1-2H3. The zero-order chi connectivity index (χ0) is 23.2. The van der Waals surface area contributed by atoms with Crippen LogP contribution in [0.25, 0.3) is 33.2 Å². The number of anilines is 1. The third-order valence-corrected chi connectivity index (χ3v) is 6.43. The van der Waals surface area contributed by atoms with E-state index in [1.807, 2.05) is 72.4 Å². The summed E-state index contributed by atoms with van der Waals surface area (Å²) < 4.78 is 13.7. The molecule has 6 heteroatoms. The number of aromatic nitrogens is 2. The Labute approximate surface area is 196 Å². The number of aryl methyl sites for hydroxylation is 1. The van der Waals surface area contributed by atoms with Crippen LogP contribution < -0.4 is 10.7 Å². The molecule has 1 unspecified atom stereocenters. The third-order valence-electron chi connectivity index (χ3n) is 6.43. The molecule has 1 aliphatic rings. The number of hydrogen-bond donors (Lipinski definition) is 1. The maximum Gasteiger partial charge on any atom is 0.193 e. The second-order valence-corrected chi connectivity index (χ2v) is 9.01. The highest BCUT2D eigenvalue weighted by molar-refractivity contribution is 5.86. The van der Waals surface area contributed by atoms with Crippen molar-refractivity contribution in [3.05, 3.63) is 94.3 Å². The fourth-order valence-electron chi connectivity index (χ4n) is 4.52. The lowest BCUT2D eigenvalue weighted by atomic mass is 10.0. The number of para-hydroxylation sites is 1. The maximum absolute atomic E-state index is 13.2. The number of fused-ring (bicyclic) bond motifs is 2. The van der Waals surface area contributed by atoms with Gasteiger partial charge in [-0.1, -0.05) is 24.3 Å². The minimum atomic E-state index is -0.0476. The van der Waals surface area contributed by atoms with Crippen molar-refractivity contribution in [2.45, 2.75) is 25.9 Å². The Hall–Kier alpha value is -3.90. The molecule has 0 radical (unpaired) electrons. The van der Waals surface area contributed by atoms with Gasteiger partial charge in [0.25, 0.3) is 0 Å². The van der Waals surface area contributed by atoms with Crippen molar-refractivity contribution < 1.29 is 9.15 Å². The molecular formula is C28H25N3O3. The topological polar surface area (TPSA) is 69.3 Å². The number of benzene rings is 3. The van der Waals surface area contributed by atoms with E-state index in [2.05, 4.69) is 23.4 Å². The summed E-state index contributed by atoms with van der Waals surface area (Å²) in [6, 6.07) is 21.8. The Morgan fingerprint density at radius 1 is 1.06 bits per heavy atom. The molecule has 0 spiro atoms. The molecule has 3 heterocycles. The van der Waals surface area contributed by atoms with E-state index in [1.54, 1.807) is 6.07 Å². The summed E-state index contributed by atoms with van der Waals surface area (Å²) in [6.45, 7) is 5.47. The van der Waals surface area contributed by atoms with Gasteiger partial charge in [0.1, 0.15) is 11.3 Å². The molecule has 1 saturated heterocycles. The van der Waals surface area contributed by atoms with Crippen LogP contribution in [-0.2, 0) is 4.74 Å². The second kappa shape index (κ2) is 8.15. The first-order valence-electron chi connectivity index (χ1n) is 11.5. The smallest absolute Gasteiger partial charge is 0.193 e. The monoisotopic (exact) mass is 451 g/mol. The van der Waals surface area contributed by atoms with Gasteiger partial charge >= 0.3 is 0 Å². The quantitative estimate of drug-likeness (QED) is 0.362. The highest BCUT2D eigenvalue weighted by Crippen LogP contribution is 2.32. The van der Waals surface area contributed by atoms with Crippen molar-refractivity contribution in [1.82, 2.24) is 9.78 Å². The molecular weight excluding hydrogens is 426 g/mol. The van der Waals surface area contributed by atoms with E-state index >= 15 is 0 Å². The van der Waals surface area contributed by atoms with Crippen molar-refractivity contribution in [1.29, 1.82) is 0 Å². The van der Waals surface area contributed by atoms with Gasteiger partial charge in [0.05, 0.1) is 36.2 Å². The number of nitrogens with one attached hydrogen (secondary N) is 1. The molecule has 0 aliphatic carbocycles. The molecule has 1 aliphatic heterocycles. The van der Waals surface area contributed by atoms with Crippen LogP contribution in [0, 0.1) is 6.92 Å². The van der Waals surface area contributed by atoms with E-state index in [9.17, 15) is 4.79 Å². The summed E-state index contributed by atoms with van der Waals surface area (Å²) in [5, 5.41) is 9.79. The SMILES string of the molecule is Cc1cc(C(C)Nc2ccccc2)c2oc(-c3ccc4nn(C5COC5)cc4c3)cc(=O)c2c1. The molecule has 170 valence electrons. The van der Waals surface area contributed by atoms with Crippen LogP contribution in [0.2, 0.25) is 0 Å². The summed E-state index contributed by atoms with van der Waals surface area (Å²) in [4.78, 5) is 13.2. The lowest BCUT2D eigenvalue weighted by molar-refractivity contribution is -0.0283. The Bertz CT molecular complexity index is 1570. The van der Waals surface area contributed by atoms with Crippen molar-refractivity contribution in [3.8, 4) is 11.3 Å². The normalized spacial score (nSPS) is 14.9. The summed E-state index contributed by atoms with van der Waals surface area (Å²) in [5.74, 6) is 0.552. The lowest BCUT2D eigenvalue weighted by Crippen LogP contribution is -2.30. The predicted octanol–water partition coefficient (Wildman–Crippen LogP) is 5.86. The molecule has 6 rings (SSSR count). The average Bonchev–Trinajstić information content (AvgIpc) is 3.20. The van der Waals surface area contributed by atoms with Crippen LogP contribution in [-0.4, -0.2) is 23.0 Å². The minimum absolute atomic E-state index is 0.0458. The second-order valence-electron chi connectivity index (χ2n) is 9.01. The number of rotatable bonds is 5. The van der Waals surface area contributed by atoms with Crippen LogP contribution in [0.5, 0.6) is 0 Å². The van der Waals surface area contributed by atoms with Crippen molar-refractivity contribution in [2.75, 3.05) is 18.5 Å². The Kier molecular flexibility index (Phi) is 4.96. The average molecular weight is 452 g/mol. The first kappa shape index (κ1) is 20.7. The first-order chi connectivity index (χ1) is 16.5. The Morgan fingerprint density at radius 2 is 1.88 bits per heavy atom. The van der Waals surface area contributed by atoms with Gasteiger partial charge in [0.15, 0.2) is 5.43 Å². The molecule has 0 saturated carbocycles. The molecule has 6 nitrogen and oxygen atoms in total. The van der Waals surface area contributed by atoms with Gasteiger partial charge in [0.2, 0.25) is 0 Å². The zero-order valence-electron chi connectivity index (χ0n) is 19.1. The van der Waals surface area contributed by atoms with E-state index in [0.29, 0.717) is 36.0 Å². The highest BCUT2D eigenvalue weighted by atomic mass is 16.5. The maximum atomic E-state index is 13.2. The summed E-state index contributed by atoms with van der Waals surface area (Å²) >= 11 is 0. The summed E-state index contributed by atoms with van der Waals surface area (Å²) in [7, 11) is 0. The molecule has 5 aromatic rings. The van der Waals surface area contributed by atoms with Crippen LogP contribution >= 0.6 is 0 Å². The van der Waals surface area contributed by atoms with E-state index < -0.39 is 0 Å². The summed E-state index contributed by atoms with van der Waals surface area (Å²) in [5.41, 5.74) is 5.33. The third kappa shape index (κ3) is 3.66. The number of ether oxygens (including phenoxy) is 1. The molecule has 1 fully saturated rings. The van der Waals surface area contributed by atoms with Gasteiger partial charge < -0.3 is 14.5 Å². The Balaban J connectivity index is 1.44. The van der Waals surface area contributed by atoms with E-state index in [1.165, 1.54) is 0 Å². The molecule has 0 amide bonds. The van der Waals surface area contributed by atoms with Gasteiger partial charge in [-0.05, 0) is 55.8 Å². The van der Waals surface area contributed by atoms with E-state index in [0.717, 1.165) is 33.3 Å².